The smallest absolute Gasteiger partial charge is 0.332 e. The van der Waals surface area contributed by atoms with Crippen LogP contribution in [0.4, 0.5) is 10.5 Å². The van der Waals surface area contributed by atoms with Crippen molar-refractivity contribution in [3.63, 3.8) is 0 Å². The fraction of sp³-hybridized carbons (Fsp3) is 0.545. The molecule has 0 aromatic heterocycles. The summed E-state index contributed by atoms with van der Waals surface area (Å²) >= 11 is 1.56. The van der Waals surface area contributed by atoms with Crippen LogP contribution in [0.15, 0.2) is 29.2 Å². The van der Waals surface area contributed by atoms with Gasteiger partial charge in [-0.1, -0.05) is 6.07 Å². The zero-order chi connectivity index (χ0) is 22.1. The van der Waals surface area contributed by atoms with Crippen molar-refractivity contribution in [2.75, 3.05) is 30.8 Å². The third kappa shape index (κ3) is 4.28. The fourth-order valence-corrected chi connectivity index (χ4v) is 5.15. The number of piperidine rings is 2. The van der Waals surface area contributed by atoms with Gasteiger partial charge in [-0.05, 0) is 50.1 Å². The van der Waals surface area contributed by atoms with E-state index in [0.29, 0.717) is 51.0 Å². The number of fused-ring (bicyclic) bond motifs is 1. The first-order chi connectivity index (χ1) is 14.9. The Bertz CT molecular complexity index is 899. The van der Waals surface area contributed by atoms with Crippen molar-refractivity contribution in [1.29, 1.82) is 0 Å². The third-order valence-corrected chi connectivity index (χ3v) is 7.24. The van der Waals surface area contributed by atoms with Crippen molar-refractivity contribution in [2.24, 2.45) is 5.92 Å². The minimum Gasteiger partial charge on any atom is -0.353 e. The molecule has 3 heterocycles. The minimum absolute atomic E-state index is 0.0112. The molecule has 3 aliphatic heterocycles. The zero-order valence-electron chi connectivity index (χ0n) is 17.9. The molecule has 2 atom stereocenters. The molecule has 3 saturated heterocycles. The van der Waals surface area contributed by atoms with E-state index >= 15 is 0 Å². The fourth-order valence-electron chi connectivity index (χ4n) is 4.69. The predicted octanol–water partition coefficient (Wildman–Crippen LogP) is 2.08. The summed E-state index contributed by atoms with van der Waals surface area (Å²) in [5.74, 6) is -0.302. The van der Waals surface area contributed by atoms with Gasteiger partial charge in [0.05, 0.1) is 5.69 Å². The number of hydrogen-bond donors (Lipinski definition) is 1. The van der Waals surface area contributed by atoms with E-state index in [9.17, 15) is 19.2 Å². The molecular weight excluding hydrogens is 416 g/mol. The van der Waals surface area contributed by atoms with Gasteiger partial charge < -0.3 is 15.1 Å². The molecule has 3 aliphatic rings. The van der Waals surface area contributed by atoms with E-state index in [4.69, 9.17) is 0 Å². The number of nitrogens with one attached hydrogen (secondary N) is 1. The lowest BCUT2D eigenvalue weighted by Gasteiger charge is -2.35. The molecule has 0 unspecified atom stereocenters. The number of carbonyl (C=O) groups is 4. The first kappa shape index (κ1) is 21.7. The van der Waals surface area contributed by atoms with Gasteiger partial charge in [-0.2, -0.15) is 0 Å². The number of thioether (sulfide) groups is 1. The van der Waals surface area contributed by atoms with Crippen molar-refractivity contribution in [3.8, 4) is 0 Å². The van der Waals surface area contributed by atoms with Gasteiger partial charge in [0.1, 0.15) is 6.04 Å². The van der Waals surface area contributed by atoms with Crippen LogP contribution < -0.4 is 10.2 Å². The average Bonchev–Trinajstić information content (AvgIpc) is 3.03. The molecule has 0 aliphatic carbocycles. The number of carbonyl (C=O) groups excluding carboxylic acids is 4. The molecule has 9 heteroatoms. The average molecular weight is 445 g/mol. The maximum atomic E-state index is 13.1. The second-order valence-electron chi connectivity index (χ2n) is 8.38. The van der Waals surface area contributed by atoms with Crippen molar-refractivity contribution in [1.82, 2.24) is 15.1 Å². The Kier molecular flexibility index (Phi) is 6.22. The summed E-state index contributed by atoms with van der Waals surface area (Å²) in [5, 5.41) is 3.10. The lowest BCUT2D eigenvalue weighted by Crippen LogP contribution is -2.51. The van der Waals surface area contributed by atoms with Crippen molar-refractivity contribution in [3.05, 3.63) is 24.3 Å². The molecule has 0 spiro atoms. The molecule has 4 rings (SSSR count). The summed E-state index contributed by atoms with van der Waals surface area (Å²) in [6, 6.07) is 6.47. The lowest BCUT2D eigenvalue weighted by atomic mass is 9.93. The molecule has 1 aromatic rings. The molecular formula is C22H28N4O4S. The molecule has 0 bridgehead atoms. The van der Waals surface area contributed by atoms with Crippen molar-refractivity contribution in [2.45, 2.75) is 49.6 Å². The molecule has 0 radical (unpaired) electrons. The maximum absolute atomic E-state index is 13.1. The number of likely N-dealkylation sites (tertiary alicyclic amines) is 1. The number of imide groups is 1. The Labute approximate surface area is 186 Å². The first-order valence-corrected chi connectivity index (χ1v) is 12.0. The Hall–Kier alpha value is -2.55. The van der Waals surface area contributed by atoms with Gasteiger partial charge in [0.2, 0.25) is 11.8 Å². The van der Waals surface area contributed by atoms with E-state index in [0.717, 1.165) is 4.90 Å². The van der Waals surface area contributed by atoms with E-state index < -0.39 is 6.04 Å². The van der Waals surface area contributed by atoms with Gasteiger partial charge in [0.25, 0.3) is 5.91 Å². The largest absolute Gasteiger partial charge is 0.353 e. The highest BCUT2D eigenvalue weighted by atomic mass is 32.2. The van der Waals surface area contributed by atoms with Gasteiger partial charge in [-0.15, -0.1) is 11.8 Å². The zero-order valence-corrected chi connectivity index (χ0v) is 18.7. The topological polar surface area (TPSA) is 90.0 Å². The van der Waals surface area contributed by atoms with Crippen LogP contribution in [0.2, 0.25) is 0 Å². The molecule has 8 nitrogen and oxygen atoms in total. The summed E-state index contributed by atoms with van der Waals surface area (Å²) in [6.07, 6.45) is 4.33. The van der Waals surface area contributed by atoms with E-state index in [2.05, 4.69) is 5.32 Å². The SMILES string of the molecule is CSc1cccc(N2C(=O)[C@@H]3C[C@@H](NC(=O)C4CCN(C(C)=O)CC4)CCN3C2=O)c1. The highest BCUT2D eigenvalue weighted by Crippen LogP contribution is 2.32. The van der Waals surface area contributed by atoms with E-state index in [1.165, 1.54) is 4.90 Å². The van der Waals surface area contributed by atoms with Crippen LogP contribution in [0.1, 0.15) is 32.6 Å². The highest BCUT2D eigenvalue weighted by molar-refractivity contribution is 7.98. The standard InChI is InChI=1S/C22H28N4O4S/c1-14(27)24-9-6-15(7-10-24)20(28)23-16-8-11-25-19(12-16)21(29)26(22(25)30)17-4-3-5-18(13-17)31-2/h3-5,13,15-16,19H,6-12H2,1-2H3,(H,23,28)/t16-,19-/m0/s1. The lowest BCUT2D eigenvalue weighted by molar-refractivity contribution is -0.134. The summed E-state index contributed by atoms with van der Waals surface area (Å²) in [5.41, 5.74) is 0.592. The molecule has 0 saturated carbocycles. The Morgan fingerprint density at radius 3 is 2.52 bits per heavy atom. The normalized spacial score (nSPS) is 24.4. The molecule has 1 N–H and O–H groups in total. The van der Waals surface area contributed by atoms with Gasteiger partial charge in [-0.25, -0.2) is 9.69 Å². The quantitative estimate of drug-likeness (QED) is 0.567. The minimum atomic E-state index is -0.538. The second kappa shape index (κ2) is 8.90. The summed E-state index contributed by atoms with van der Waals surface area (Å²) in [6.45, 7) is 3.20. The van der Waals surface area contributed by atoms with E-state index in [-0.39, 0.29) is 35.7 Å². The van der Waals surface area contributed by atoms with Crippen LogP contribution in [-0.2, 0) is 14.4 Å². The Morgan fingerprint density at radius 1 is 1.10 bits per heavy atom. The third-order valence-electron chi connectivity index (χ3n) is 6.51. The van der Waals surface area contributed by atoms with E-state index in [1.54, 1.807) is 34.6 Å². The van der Waals surface area contributed by atoms with Crippen LogP contribution in [0.5, 0.6) is 0 Å². The second-order valence-corrected chi connectivity index (χ2v) is 9.26. The molecule has 166 valence electrons. The molecule has 1 aromatic carbocycles. The van der Waals surface area contributed by atoms with Gasteiger partial charge >= 0.3 is 6.03 Å². The molecule has 3 fully saturated rings. The highest BCUT2D eigenvalue weighted by Gasteiger charge is 2.49. The van der Waals surface area contributed by atoms with Crippen LogP contribution in [0, 0.1) is 5.92 Å². The number of benzene rings is 1. The number of nitrogens with zero attached hydrogens (tertiary/aromatic N) is 3. The number of rotatable bonds is 4. The first-order valence-electron chi connectivity index (χ1n) is 10.7. The molecule has 5 amide bonds. The number of anilines is 1. The monoisotopic (exact) mass is 444 g/mol. The summed E-state index contributed by atoms with van der Waals surface area (Å²) in [7, 11) is 0. The number of hydrogen-bond acceptors (Lipinski definition) is 5. The summed E-state index contributed by atoms with van der Waals surface area (Å²) < 4.78 is 0. The molecule has 31 heavy (non-hydrogen) atoms. The van der Waals surface area contributed by atoms with Crippen LogP contribution in [0.25, 0.3) is 0 Å². The Morgan fingerprint density at radius 2 is 1.84 bits per heavy atom. The predicted molar refractivity (Wildman–Crippen MR) is 118 cm³/mol. The van der Waals surface area contributed by atoms with E-state index in [1.807, 2.05) is 24.5 Å². The van der Waals surface area contributed by atoms with Gasteiger partial charge in [0.15, 0.2) is 0 Å². The summed E-state index contributed by atoms with van der Waals surface area (Å²) in [4.78, 5) is 55.9. The van der Waals surface area contributed by atoms with Crippen molar-refractivity contribution < 1.29 is 19.2 Å². The van der Waals surface area contributed by atoms with Gasteiger partial charge in [-0.3, -0.25) is 14.4 Å². The van der Waals surface area contributed by atoms with Crippen LogP contribution in [0.3, 0.4) is 0 Å². The number of amides is 5. The Balaban J connectivity index is 1.38. The van der Waals surface area contributed by atoms with Crippen LogP contribution in [-0.4, -0.2) is 71.5 Å². The maximum Gasteiger partial charge on any atom is 0.332 e. The number of urea groups is 1. The van der Waals surface area contributed by atoms with Crippen LogP contribution >= 0.6 is 11.8 Å². The van der Waals surface area contributed by atoms with Gasteiger partial charge in [0, 0.05) is 43.4 Å². The van der Waals surface area contributed by atoms with Crippen molar-refractivity contribution >= 4 is 41.2 Å².